The molecule has 0 spiro atoms. The average Bonchev–Trinajstić information content (AvgIpc) is 2.84. The number of para-hydroxylation sites is 2. The minimum Gasteiger partial charge on any atom is -0.507 e. The van der Waals surface area contributed by atoms with E-state index >= 15 is 0 Å². The quantitative estimate of drug-likeness (QED) is 0.221. The first kappa shape index (κ1) is 22.4. The van der Waals surface area contributed by atoms with Gasteiger partial charge in [-0.2, -0.15) is 0 Å². The molecule has 0 heterocycles. The molecule has 4 aromatic rings. The highest BCUT2D eigenvalue weighted by atomic mass is 16.5. The highest BCUT2D eigenvalue weighted by Gasteiger charge is 2.13. The van der Waals surface area contributed by atoms with Gasteiger partial charge in [-0.25, -0.2) is 9.59 Å². The topological polar surface area (TPSA) is 93.1 Å². The van der Waals surface area contributed by atoms with Gasteiger partial charge in [0.2, 0.25) is 0 Å². The van der Waals surface area contributed by atoms with Crippen LogP contribution >= 0.6 is 0 Å². The second kappa shape index (κ2) is 10.2. The lowest BCUT2D eigenvalue weighted by Crippen LogP contribution is -2.08. The molecule has 0 aliphatic rings. The van der Waals surface area contributed by atoms with Crippen molar-refractivity contribution in [1.82, 2.24) is 0 Å². The van der Waals surface area contributed by atoms with E-state index in [4.69, 9.17) is 9.47 Å². The summed E-state index contributed by atoms with van der Waals surface area (Å²) in [7, 11) is 0. The first-order valence-electron chi connectivity index (χ1n) is 10.4. The van der Waals surface area contributed by atoms with Gasteiger partial charge in [0.05, 0.1) is 0 Å². The summed E-state index contributed by atoms with van der Waals surface area (Å²) in [5.74, 6) is -0.867. The van der Waals surface area contributed by atoms with Crippen LogP contribution in [0.15, 0.2) is 97.1 Å². The zero-order valence-corrected chi connectivity index (χ0v) is 17.9. The maximum Gasteiger partial charge on any atom is 0.347 e. The molecule has 168 valence electrons. The molecule has 0 unspecified atom stereocenters. The molecule has 0 atom stereocenters. The van der Waals surface area contributed by atoms with Crippen molar-refractivity contribution in [3.8, 4) is 23.0 Å². The number of hydrogen-bond donors (Lipinski definition) is 2. The number of phenolic OH excluding ortho intramolecular Hbond substituents is 2. The van der Waals surface area contributed by atoms with Crippen LogP contribution in [-0.2, 0) is 0 Å². The van der Waals surface area contributed by atoms with E-state index in [0.29, 0.717) is 11.5 Å². The van der Waals surface area contributed by atoms with Gasteiger partial charge < -0.3 is 19.7 Å². The molecule has 0 fully saturated rings. The Balaban J connectivity index is 1.40. The molecule has 0 saturated heterocycles. The van der Waals surface area contributed by atoms with Gasteiger partial charge in [-0.3, -0.25) is 0 Å². The molecule has 0 bridgehead atoms. The summed E-state index contributed by atoms with van der Waals surface area (Å²) in [5.41, 5.74) is 1.85. The molecular weight excluding hydrogens is 432 g/mol. The van der Waals surface area contributed by atoms with Crippen LogP contribution in [0.25, 0.3) is 12.2 Å². The first-order valence-corrected chi connectivity index (χ1v) is 10.4. The predicted molar refractivity (Wildman–Crippen MR) is 128 cm³/mol. The number of ether oxygens (including phenoxy) is 2. The molecule has 4 rings (SSSR count). The van der Waals surface area contributed by atoms with Crippen LogP contribution in [0.1, 0.15) is 31.8 Å². The summed E-state index contributed by atoms with van der Waals surface area (Å²) in [6.45, 7) is 0. The highest BCUT2D eigenvalue weighted by Crippen LogP contribution is 2.22. The fourth-order valence-corrected chi connectivity index (χ4v) is 3.14. The number of benzene rings is 4. The lowest BCUT2D eigenvalue weighted by molar-refractivity contribution is 0.0721. The van der Waals surface area contributed by atoms with Gasteiger partial charge in [-0.05, 0) is 59.7 Å². The summed E-state index contributed by atoms with van der Waals surface area (Å²) in [6, 6.07) is 26.2. The van der Waals surface area contributed by atoms with Crippen LogP contribution in [0.4, 0.5) is 0 Å². The normalized spacial score (nSPS) is 10.7. The molecule has 0 amide bonds. The second-order valence-corrected chi connectivity index (χ2v) is 7.29. The molecule has 0 radical (unpaired) electrons. The maximum atomic E-state index is 12.3. The van der Waals surface area contributed by atoms with Crippen LogP contribution in [0.5, 0.6) is 23.0 Å². The van der Waals surface area contributed by atoms with Gasteiger partial charge >= 0.3 is 11.9 Å². The van der Waals surface area contributed by atoms with E-state index < -0.39 is 11.9 Å². The van der Waals surface area contributed by atoms with Crippen molar-refractivity contribution in [3.05, 3.63) is 119 Å². The van der Waals surface area contributed by atoms with Crippen molar-refractivity contribution >= 4 is 24.1 Å². The van der Waals surface area contributed by atoms with Gasteiger partial charge in [-0.1, -0.05) is 60.7 Å². The summed E-state index contributed by atoms with van der Waals surface area (Å²) in [5, 5.41) is 19.6. The van der Waals surface area contributed by atoms with Crippen LogP contribution in [-0.4, -0.2) is 22.2 Å². The Morgan fingerprint density at radius 2 is 1.09 bits per heavy atom. The third-order valence-corrected chi connectivity index (χ3v) is 4.88. The molecule has 0 aliphatic heterocycles. The van der Waals surface area contributed by atoms with E-state index in [1.54, 1.807) is 66.7 Å². The Morgan fingerprint density at radius 1 is 0.559 bits per heavy atom. The molecule has 6 nitrogen and oxygen atoms in total. The summed E-state index contributed by atoms with van der Waals surface area (Å²) in [6.07, 6.45) is 3.71. The maximum absolute atomic E-state index is 12.3. The highest BCUT2D eigenvalue weighted by molar-refractivity contribution is 5.94. The van der Waals surface area contributed by atoms with Crippen molar-refractivity contribution in [2.45, 2.75) is 0 Å². The smallest absolute Gasteiger partial charge is 0.347 e. The van der Waals surface area contributed by atoms with E-state index in [9.17, 15) is 19.8 Å². The number of phenols is 2. The average molecular weight is 452 g/mol. The van der Waals surface area contributed by atoms with Crippen molar-refractivity contribution in [1.29, 1.82) is 0 Å². The minimum atomic E-state index is -0.645. The van der Waals surface area contributed by atoms with E-state index in [1.165, 1.54) is 24.3 Å². The summed E-state index contributed by atoms with van der Waals surface area (Å²) < 4.78 is 10.7. The van der Waals surface area contributed by atoms with Crippen LogP contribution in [0.2, 0.25) is 0 Å². The van der Waals surface area contributed by atoms with Crippen molar-refractivity contribution in [3.63, 3.8) is 0 Å². The van der Waals surface area contributed by atoms with Gasteiger partial charge in [-0.15, -0.1) is 0 Å². The number of carbonyl (C=O) groups is 2. The molecule has 6 heteroatoms. The molecule has 34 heavy (non-hydrogen) atoms. The van der Waals surface area contributed by atoms with Gasteiger partial charge in [0.25, 0.3) is 0 Å². The largest absolute Gasteiger partial charge is 0.507 e. The Labute approximate surface area is 196 Å². The first-order chi connectivity index (χ1) is 16.5. The molecule has 0 aliphatic carbocycles. The van der Waals surface area contributed by atoms with Crippen LogP contribution in [0, 0.1) is 0 Å². The lowest BCUT2D eigenvalue weighted by atomic mass is 10.1. The lowest BCUT2D eigenvalue weighted by Gasteiger charge is -2.07. The zero-order chi connectivity index (χ0) is 23.9. The standard InChI is InChI=1S/C28H20O6/c29-25-10-3-1-8-23(25)27(31)33-21-16-14-19(15-17-21)12-13-20-6-5-7-22(18-20)34-28(32)24-9-2-4-11-26(24)30/h1-18,29-30H/b13-12+. The molecule has 4 aromatic carbocycles. The second-order valence-electron chi connectivity index (χ2n) is 7.29. The predicted octanol–water partition coefficient (Wildman–Crippen LogP) is 5.71. The number of hydrogen-bond acceptors (Lipinski definition) is 6. The Hall–Kier alpha value is -4.84. The van der Waals surface area contributed by atoms with Gasteiger partial charge in [0.15, 0.2) is 0 Å². The number of rotatable bonds is 6. The Bertz CT molecular complexity index is 1360. The summed E-state index contributed by atoms with van der Waals surface area (Å²) >= 11 is 0. The molecule has 2 N–H and O–H groups in total. The monoisotopic (exact) mass is 452 g/mol. The molecule has 0 aromatic heterocycles. The fraction of sp³-hybridized carbons (Fsp3) is 0. The molecular formula is C28H20O6. The van der Waals surface area contributed by atoms with Crippen molar-refractivity contribution in [2.24, 2.45) is 0 Å². The SMILES string of the molecule is O=C(Oc1ccc(/C=C/c2cccc(OC(=O)c3ccccc3O)c2)cc1)c1ccccc1O. The third-order valence-electron chi connectivity index (χ3n) is 4.88. The van der Waals surface area contributed by atoms with Crippen LogP contribution in [0.3, 0.4) is 0 Å². The number of carbonyl (C=O) groups excluding carboxylic acids is 2. The Kier molecular flexibility index (Phi) is 6.70. The van der Waals surface area contributed by atoms with Crippen LogP contribution < -0.4 is 9.47 Å². The van der Waals surface area contributed by atoms with E-state index in [-0.39, 0.29) is 22.6 Å². The zero-order valence-electron chi connectivity index (χ0n) is 17.9. The van der Waals surface area contributed by atoms with E-state index in [2.05, 4.69) is 0 Å². The fourth-order valence-electron chi connectivity index (χ4n) is 3.14. The Morgan fingerprint density at radius 3 is 1.68 bits per heavy atom. The number of aromatic hydroxyl groups is 2. The number of esters is 2. The molecule has 0 saturated carbocycles. The summed E-state index contributed by atoms with van der Waals surface area (Å²) in [4.78, 5) is 24.5. The van der Waals surface area contributed by atoms with E-state index in [1.807, 2.05) is 18.2 Å². The minimum absolute atomic E-state index is 0.0895. The third kappa shape index (κ3) is 5.49. The van der Waals surface area contributed by atoms with Crippen molar-refractivity contribution in [2.75, 3.05) is 0 Å². The van der Waals surface area contributed by atoms with Crippen molar-refractivity contribution < 1.29 is 29.3 Å². The van der Waals surface area contributed by atoms with Gasteiger partial charge in [0.1, 0.15) is 34.1 Å². The van der Waals surface area contributed by atoms with E-state index in [0.717, 1.165) is 11.1 Å². The van der Waals surface area contributed by atoms with Gasteiger partial charge in [0, 0.05) is 0 Å².